The minimum absolute atomic E-state index is 0.716. The lowest BCUT2D eigenvalue weighted by Crippen LogP contribution is -2.16. The molecular weight excluding hydrogens is 256 g/mol. The summed E-state index contributed by atoms with van der Waals surface area (Å²) in [6.45, 7) is 4.82. The minimum Gasteiger partial charge on any atom is -0.370 e. The van der Waals surface area contributed by atoms with Gasteiger partial charge < -0.3 is 10.2 Å². The van der Waals surface area contributed by atoms with E-state index in [0.717, 1.165) is 42.3 Å². The van der Waals surface area contributed by atoms with E-state index in [9.17, 15) is 0 Å². The number of aromatic amines is 1. The Labute approximate surface area is 118 Å². The number of H-pyrrole nitrogens is 1. The quantitative estimate of drug-likeness (QED) is 0.750. The number of anilines is 2. The highest BCUT2D eigenvalue weighted by Crippen LogP contribution is 2.18. The maximum Gasteiger partial charge on any atom is 0.227 e. The molecule has 0 fully saturated rings. The molecule has 2 heterocycles. The second-order valence-corrected chi connectivity index (χ2v) is 4.84. The standard InChI is InChI=1S/C12H20N8/c1-8-9(2)14-12(20(3)4)15-11(8)13-7-5-6-10-16-18-19-17-10/h5-7H2,1-4H3,(H,13,14,15)(H,16,17,18,19). The summed E-state index contributed by atoms with van der Waals surface area (Å²) in [6.07, 6.45) is 1.70. The molecule has 0 aromatic carbocycles. The van der Waals surface area contributed by atoms with Crippen molar-refractivity contribution in [2.24, 2.45) is 0 Å². The van der Waals surface area contributed by atoms with Gasteiger partial charge >= 0.3 is 0 Å². The molecule has 2 aromatic heterocycles. The van der Waals surface area contributed by atoms with Gasteiger partial charge in [0.2, 0.25) is 5.95 Å². The molecule has 0 radical (unpaired) electrons. The molecule has 0 aliphatic rings. The van der Waals surface area contributed by atoms with Gasteiger partial charge in [0.15, 0.2) is 5.82 Å². The Kier molecular flexibility index (Phi) is 4.44. The molecule has 20 heavy (non-hydrogen) atoms. The second-order valence-electron chi connectivity index (χ2n) is 4.84. The van der Waals surface area contributed by atoms with Crippen LogP contribution in [0, 0.1) is 13.8 Å². The van der Waals surface area contributed by atoms with Crippen LogP contribution in [0.15, 0.2) is 0 Å². The maximum absolute atomic E-state index is 4.52. The molecule has 2 N–H and O–H groups in total. The Bertz CT molecular complexity index is 549. The van der Waals surface area contributed by atoms with Crippen molar-refractivity contribution in [3.63, 3.8) is 0 Å². The van der Waals surface area contributed by atoms with Crippen molar-refractivity contribution in [1.29, 1.82) is 0 Å². The average Bonchev–Trinajstić information content (AvgIpc) is 2.92. The molecule has 0 bridgehead atoms. The van der Waals surface area contributed by atoms with Gasteiger partial charge in [-0.15, -0.1) is 10.2 Å². The lowest BCUT2D eigenvalue weighted by Gasteiger charge is -2.15. The highest BCUT2D eigenvalue weighted by Gasteiger charge is 2.09. The maximum atomic E-state index is 4.52. The monoisotopic (exact) mass is 276 g/mol. The fourth-order valence-corrected chi connectivity index (χ4v) is 1.73. The molecule has 0 aliphatic heterocycles. The van der Waals surface area contributed by atoms with E-state index in [4.69, 9.17) is 0 Å². The molecule has 0 saturated heterocycles. The number of aryl methyl sites for hydroxylation is 2. The van der Waals surface area contributed by atoms with Crippen molar-refractivity contribution in [2.45, 2.75) is 26.7 Å². The van der Waals surface area contributed by atoms with Gasteiger partial charge in [-0.3, -0.25) is 0 Å². The number of nitrogens with one attached hydrogen (secondary N) is 2. The number of aromatic nitrogens is 6. The Morgan fingerprint density at radius 2 is 2.00 bits per heavy atom. The smallest absolute Gasteiger partial charge is 0.227 e. The van der Waals surface area contributed by atoms with Crippen molar-refractivity contribution in [3.05, 3.63) is 17.1 Å². The SMILES string of the molecule is Cc1nc(N(C)C)nc(NCCCc2nn[nH]n2)c1C. The zero-order valence-electron chi connectivity index (χ0n) is 12.3. The van der Waals surface area contributed by atoms with Crippen molar-refractivity contribution in [3.8, 4) is 0 Å². The summed E-state index contributed by atoms with van der Waals surface area (Å²) >= 11 is 0. The first-order chi connectivity index (χ1) is 9.58. The number of hydrogen-bond donors (Lipinski definition) is 2. The summed E-state index contributed by atoms with van der Waals surface area (Å²) in [5.74, 6) is 2.33. The van der Waals surface area contributed by atoms with E-state index in [2.05, 4.69) is 35.9 Å². The van der Waals surface area contributed by atoms with Gasteiger partial charge in [0.25, 0.3) is 0 Å². The van der Waals surface area contributed by atoms with E-state index in [1.54, 1.807) is 0 Å². The second kappa shape index (κ2) is 6.27. The van der Waals surface area contributed by atoms with Crippen LogP contribution >= 0.6 is 0 Å². The highest BCUT2D eigenvalue weighted by atomic mass is 15.5. The normalized spacial score (nSPS) is 10.6. The van der Waals surface area contributed by atoms with Crippen molar-refractivity contribution >= 4 is 11.8 Å². The predicted octanol–water partition coefficient (Wildman–Crippen LogP) is 0.717. The molecule has 2 rings (SSSR count). The predicted molar refractivity (Wildman–Crippen MR) is 76.8 cm³/mol. The van der Waals surface area contributed by atoms with Gasteiger partial charge in [-0.25, -0.2) is 4.98 Å². The Morgan fingerprint density at radius 3 is 2.65 bits per heavy atom. The first-order valence-corrected chi connectivity index (χ1v) is 6.56. The molecule has 0 unspecified atom stereocenters. The summed E-state index contributed by atoms with van der Waals surface area (Å²) in [7, 11) is 3.87. The van der Waals surface area contributed by atoms with Gasteiger partial charge in [0.1, 0.15) is 5.82 Å². The van der Waals surface area contributed by atoms with E-state index < -0.39 is 0 Å². The van der Waals surface area contributed by atoms with Crippen molar-refractivity contribution in [2.75, 3.05) is 30.9 Å². The Hall–Kier alpha value is -2.25. The molecule has 0 amide bonds. The van der Waals surface area contributed by atoms with Gasteiger partial charge in [-0.05, 0) is 20.3 Å². The van der Waals surface area contributed by atoms with Crippen molar-refractivity contribution < 1.29 is 0 Å². The zero-order valence-corrected chi connectivity index (χ0v) is 12.3. The topological polar surface area (TPSA) is 95.5 Å². The number of hydrogen-bond acceptors (Lipinski definition) is 7. The van der Waals surface area contributed by atoms with E-state index in [1.807, 2.05) is 32.8 Å². The first-order valence-electron chi connectivity index (χ1n) is 6.56. The highest BCUT2D eigenvalue weighted by molar-refractivity contribution is 5.50. The molecule has 0 spiro atoms. The molecule has 8 heteroatoms. The first kappa shape index (κ1) is 14.2. The fourth-order valence-electron chi connectivity index (χ4n) is 1.73. The minimum atomic E-state index is 0.716. The van der Waals surface area contributed by atoms with Crippen LogP contribution < -0.4 is 10.2 Å². The van der Waals surface area contributed by atoms with Crippen molar-refractivity contribution in [1.82, 2.24) is 30.6 Å². The largest absolute Gasteiger partial charge is 0.370 e. The number of tetrazole rings is 1. The molecule has 8 nitrogen and oxygen atoms in total. The molecular formula is C12H20N8. The summed E-state index contributed by atoms with van der Waals surface area (Å²) < 4.78 is 0. The van der Waals surface area contributed by atoms with Crippen LogP contribution in [0.1, 0.15) is 23.5 Å². The van der Waals surface area contributed by atoms with E-state index in [1.165, 1.54) is 0 Å². The van der Waals surface area contributed by atoms with Gasteiger partial charge in [-0.2, -0.15) is 10.2 Å². The van der Waals surface area contributed by atoms with Gasteiger partial charge in [-0.1, -0.05) is 5.21 Å². The third-order valence-corrected chi connectivity index (χ3v) is 3.04. The third kappa shape index (κ3) is 3.40. The summed E-state index contributed by atoms with van der Waals surface area (Å²) in [6, 6.07) is 0. The van der Waals surface area contributed by atoms with E-state index >= 15 is 0 Å². The lowest BCUT2D eigenvalue weighted by atomic mass is 10.2. The number of nitrogens with zero attached hydrogens (tertiary/aromatic N) is 6. The molecule has 2 aromatic rings. The van der Waals surface area contributed by atoms with Crippen LogP contribution in [-0.2, 0) is 6.42 Å². The summed E-state index contributed by atoms with van der Waals surface area (Å²) in [5.41, 5.74) is 2.07. The summed E-state index contributed by atoms with van der Waals surface area (Å²) in [5, 5.41) is 17.2. The zero-order chi connectivity index (χ0) is 14.5. The summed E-state index contributed by atoms with van der Waals surface area (Å²) in [4.78, 5) is 10.9. The van der Waals surface area contributed by atoms with Crippen LogP contribution in [0.5, 0.6) is 0 Å². The fraction of sp³-hybridized carbons (Fsp3) is 0.583. The average molecular weight is 276 g/mol. The molecule has 0 saturated carbocycles. The van der Waals surface area contributed by atoms with Crippen LogP contribution in [0.2, 0.25) is 0 Å². The molecule has 0 aliphatic carbocycles. The van der Waals surface area contributed by atoms with Crippen LogP contribution in [0.25, 0.3) is 0 Å². The van der Waals surface area contributed by atoms with Crippen LogP contribution in [0.3, 0.4) is 0 Å². The lowest BCUT2D eigenvalue weighted by molar-refractivity contribution is 0.800. The number of rotatable bonds is 6. The van der Waals surface area contributed by atoms with Gasteiger partial charge in [0.05, 0.1) is 0 Å². The molecule has 0 atom stereocenters. The van der Waals surface area contributed by atoms with Gasteiger partial charge in [0, 0.05) is 38.3 Å². The molecule has 108 valence electrons. The Balaban J connectivity index is 1.94. The van der Waals surface area contributed by atoms with E-state index in [-0.39, 0.29) is 0 Å². The van der Waals surface area contributed by atoms with Crippen LogP contribution in [0.4, 0.5) is 11.8 Å². The van der Waals surface area contributed by atoms with Crippen LogP contribution in [-0.4, -0.2) is 51.2 Å². The Morgan fingerprint density at radius 1 is 1.20 bits per heavy atom. The van der Waals surface area contributed by atoms with E-state index in [0.29, 0.717) is 5.95 Å². The third-order valence-electron chi connectivity index (χ3n) is 3.04.